The monoisotopic (exact) mass is 299 g/mol. The highest BCUT2D eigenvalue weighted by atomic mass is 16.5. The number of carbonyl (C=O) groups excluding carboxylic acids is 2. The van der Waals surface area contributed by atoms with Gasteiger partial charge in [-0.1, -0.05) is 38.1 Å². The summed E-state index contributed by atoms with van der Waals surface area (Å²) >= 11 is 0. The fourth-order valence-corrected chi connectivity index (χ4v) is 2.31. The first-order valence-electron chi connectivity index (χ1n) is 7.16. The van der Waals surface area contributed by atoms with Gasteiger partial charge in [-0.3, -0.25) is 14.5 Å². The molecule has 22 heavy (non-hydrogen) atoms. The van der Waals surface area contributed by atoms with Crippen molar-refractivity contribution in [3.63, 3.8) is 0 Å². The molecular weight excluding hydrogens is 282 g/mol. The molecule has 0 bridgehead atoms. The van der Waals surface area contributed by atoms with E-state index >= 15 is 0 Å². The number of hydrogen-bond donors (Lipinski definition) is 0. The smallest absolute Gasteiger partial charge is 0.261 e. The Kier molecular flexibility index (Phi) is 3.31. The second kappa shape index (κ2) is 5.05. The third-order valence-corrected chi connectivity index (χ3v) is 3.55. The summed E-state index contributed by atoms with van der Waals surface area (Å²) < 4.78 is 5.21. The molecule has 0 aliphatic carbocycles. The van der Waals surface area contributed by atoms with E-state index in [-0.39, 0.29) is 23.8 Å². The van der Waals surface area contributed by atoms with Gasteiger partial charge in [0.15, 0.2) is 5.82 Å². The first-order valence-corrected chi connectivity index (χ1v) is 7.16. The predicted molar refractivity (Wildman–Crippen MR) is 78.5 cm³/mol. The number of benzene rings is 1. The van der Waals surface area contributed by atoms with Gasteiger partial charge in [0.2, 0.25) is 5.89 Å². The lowest BCUT2D eigenvalue weighted by Crippen LogP contribution is -2.32. The second-order valence-electron chi connectivity index (χ2n) is 6.32. The van der Waals surface area contributed by atoms with Crippen molar-refractivity contribution in [3.05, 3.63) is 47.1 Å². The molecule has 0 radical (unpaired) electrons. The summed E-state index contributed by atoms with van der Waals surface area (Å²) in [5, 5.41) is 3.91. The molecule has 2 amide bonds. The minimum absolute atomic E-state index is 0.221. The van der Waals surface area contributed by atoms with E-state index in [4.69, 9.17) is 4.52 Å². The zero-order chi connectivity index (χ0) is 15.9. The molecule has 2 heterocycles. The third kappa shape index (κ3) is 2.41. The fraction of sp³-hybridized carbons (Fsp3) is 0.375. The van der Waals surface area contributed by atoms with Crippen molar-refractivity contribution in [2.24, 2.45) is 0 Å². The van der Waals surface area contributed by atoms with Crippen molar-refractivity contribution in [2.45, 2.75) is 32.6 Å². The van der Waals surface area contributed by atoms with E-state index in [0.29, 0.717) is 29.3 Å². The van der Waals surface area contributed by atoms with Gasteiger partial charge >= 0.3 is 0 Å². The largest absolute Gasteiger partial charge is 0.339 e. The van der Waals surface area contributed by atoms with Gasteiger partial charge in [0.25, 0.3) is 11.8 Å². The van der Waals surface area contributed by atoms with E-state index in [1.54, 1.807) is 24.3 Å². The Labute approximate surface area is 128 Å². The normalized spacial score (nSPS) is 14.6. The summed E-state index contributed by atoms with van der Waals surface area (Å²) in [5.41, 5.74) is 0.688. The van der Waals surface area contributed by atoms with E-state index in [0.717, 1.165) is 0 Å². The standard InChI is InChI=1S/C16H17N3O3/c1-16(2,3)15-17-12(18-22-15)8-9-19-13(20)10-6-4-5-7-11(10)14(19)21/h4-7H,8-9H2,1-3H3. The van der Waals surface area contributed by atoms with Gasteiger partial charge in [-0.2, -0.15) is 4.98 Å². The van der Waals surface area contributed by atoms with Crippen LogP contribution in [0.4, 0.5) is 0 Å². The van der Waals surface area contributed by atoms with Gasteiger partial charge < -0.3 is 4.52 Å². The molecule has 0 spiro atoms. The summed E-state index contributed by atoms with van der Waals surface area (Å²) in [6.07, 6.45) is 0.380. The van der Waals surface area contributed by atoms with Crippen LogP contribution in [0.15, 0.2) is 28.8 Å². The van der Waals surface area contributed by atoms with E-state index in [1.807, 2.05) is 20.8 Å². The highest BCUT2D eigenvalue weighted by Gasteiger charge is 2.35. The number of aromatic nitrogens is 2. The van der Waals surface area contributed by atoms with Crippen molar-refractivity contribution < 1.29 is 14.1 Å². The minimum atomic E-state index is -0.264. The first-order chi connectivity index (χ1) is 10.4. The maximum atomic E-state index is 12.2. The van der Waals surface area contributed by atoms with Gasteiger partial charge in [-0.05, 0) is 12.1 Å². The molecule has 3 rings (SSSR count). The molecule has 2 aromatic rings. The molecule has 0 atom stereocenters. The number of nitrogens with zero attached hydrogens (tertiary/aromatic N) is 3. The van der Waals surface area contributed by atoms with Gasteiger partial charge in [-0.15, -0.1) is 0 Å². The Bertz CT molecular complexity index is 708. The van der Waals surface area contributed by atoms with Crippen LogP contribution in [-0.4, -0.2) is 33.4 Å². The maximum Gasteiger partial charge on any atom is 0.261 e. The Balaban J connectivity index is 1.72. The lowest BCUT2D eigenvalue weighted by molar-refractivity contribution is 0.0655. The maximum absolute atomic E-state index is 12.2. The van der Waals surface area contributed by atoms with Crippen molar-refractivity contribution in [1.29, 1.82) is 0 Å². The molecule has 0 unspecified atom stereocenters. The van der Waals surface area contributed by atoms with Crippen LogP contribution in [0.3, 0.4) is 0 Å². The number of carbonyl (C=O) groups is 2. The summed E-state index contributed by atoms with van der Waals surface area (Å²) in [4.78, 5) is 30.0. The Morgan fingerprint density at radius 3 is 2.18 bits per heavy atom. The number of imide groups is 1. The molecule has 6 heteroatoms. The molecule has 0 fully saturated rings. The molecule has 0 N–H and O–H groups in total. The van der Waals surface area contributed by atoms with Crippen LogP contribution >= 0.6 is 0 Å². The zero-order valence-electron chi connectivity index (χ0n) is 12.8. The van der Waals surface area contributed by atoms with Gasteiger partial charge in [0.1, 0.15) is 0 Å². The predicted octanol–water partition coefficient (Wildman–Crippen LogP) is 2.21. The average molecular weight is 299 g/mol. The highest BCUT2D eigenvalue weighted by Crippen LogP contribution is 2.23. The van der Waals surface area contributed by atoms with Crippen LogP contribution in [0, 0.1) is 0 Å². The lowest BCUT2D eigenvalue weighted by Gasteiger charge is -2.12. The molecule has 6 nitrogen and oxygen atoms in total. The van der Waals surface area contributed by atoms with Crippen molar-refractivity contribution in [3.8, 4) is 0 Å². The van der Waals surface area contributed by atoms with Crippen LogP contribution in [0.1, 0.15) is 53.2 Å². The molecule has 1 aromatic heterocycles. The Hall–Kier alpha value is -2.50. The summed E-state index contributed by atoms with van der Waals surface area (Å²) in [7, 11) is 0. The van der Waals surface area contributed by atoms with E-state index in [2.05, 4.69) is 10.1 Å². The molecule has 1 aromatic carbocycles. The third-order valence-electron chi connectivity index (χ3n) is 3.55. The SMILES string of the molecule is CC(C)(C)c1nc(CCN2C(=O)c3ccccc3C2=O)no1. The minimum Gasteiger partial charge on any atom is -0.339 e. The van der Waals surface area contributed by atoms with Crippen LogP contribution in [-0.2, 0) is 11.8 Å². The van der Waals surface area contributed by atoms with Crippen molar-refractivity contribution in [1.82, 2.24) is 15.0 Å². The first kappa shape index (κ1) is 14.4. The van der Waals surface area contributed by atoms with Crippen LogP contribution in [0.5, 0.6) is 0 Å². The van der Waals surface area contributed by atoms with E-state index in [9.17, 15) is 9.59 Å². The molecule has 0 saturated carbocycles. The average Bonchev–Trinajstić information content (AvgIpc) is 3.03. The molecular formula is C16H17N3O3. The molecule has 1 aliphatic rings. The van der Waals surface area contributed by atoms with Crippen LogP contribution in [0.2, 0.25) is 0 Å². The number of rotatable bonds is 3. The summed E-state index contributed by atoms with van der Waals surface area (Å²) in [5.74, 6) is 0.520. The van der Waals surface area contributed by atoms with E-state index in [1.165, 1.54) is 4.90 Å². The Morgan fingerprint density at radius 1 is 1.09 bits per heavy atom. The highest BCUT2D eigenvalue weighted by molar-refractivity contribution is 6.21. The molecule has 1 aliphatic heterocycles. The zero-order valence-corrected chi connectivity index (χ0v) is 12.8. The molecule has 114 valence electrons. The van der Waals surface area contributed by atoms with Crippen LogP contribution in [0.25, 0.3) is 0 Å². The van der Waals surface area contributed by atoms with Crippen molar-refractivity contribution >= 4 is 11.8 Å². The topological polar surface area (TPSA) is 76.3 Å². The second-order valence-corrected chi connectivity index (χ2v) is 6.32. The number of fused-ring (bicyclic) bond motifs is 1. The van der Waals surface area contributed by atoms with Gasteiger partial charge in [0, 0.05) is 18.4 Å². The van der Waals surface area contributed by atoms with Gasteiger partial charge in [-0.25, -0.2) is 0 Å². The summed E-state index contributed by atoms with van der Waals surface area (Å²) in [6, 6.07) is 6.84. The lowest BCUT2D eigenvalue weighted by atomic mass is 9.97. The summed E-state index contributed by atoms with van der Waals surface area (Å²) in [6.45, 7) is 6.19. The van der Waals surface area contributed by atoms with E-state index < -0.39 is 0 Å². The Morgan fingerprint density at radius 2 is 1.68 bits per heavy atom. The van der Waals surface area contributed by atoms with Gasteiger partial charge in [0.05, 0.1) is 11.1 Å². The number of amides is 2. The number of hydrogen-bond acceptors (Lipinski definition) is 5. The quantitative estimate of drug-likeness (QED) is 0.812. The fourth-order valence-electron chi connectivity index (χ4n) is 2.31. The van der Waals surface area contributed by atoms with Crippen LogP contribution < -0.4 is 0 Å². The molecule has 0 saturated heterocycles. The van der Waals surface area contributed by atoms with Crippen molar-refractivity contribution in [2.75, 3.05) is 6.54 Å².